The van der Waals surface area contributed by atoms with E-state index in [9.17, 15) is 9.00 Å². The van der Waals surface area contributed by atoms with Gasteiger partial charge in [-0.15, -0.1) is 11.3 Å². The molecule has 1 heterocycles. The molecule has 1 N–H and O–H groups in total. The van der Waals surface area contributed by atoms with Crippen LogP contribution in [0.25, 0.3) is 0 Å². The lowest BCUT2D eigenvalue weighted by Crippen LogP contribution is -2.34. The van der Waals surface area contributed by atoms with Crippen molar-refractivity contribution in [3.05, 3.63) is 16.1 Å². The van der Waals surface area contributed by atoms with Crippen molar-refractivity contribution in [2.24, 2.45) is 0 Å². The van der Waals surface area contributed by atoms with E-state index >= 15 is 0 Å². The summed E-state index contributed by atoms with van der Waals surface area (Å²) in [5.41, 5.74) is 0. The zero-order chi connectivity index (χ0) is 14.6. The molecule has 0 spiro atoms. The van der Waals surface area contributed by atoms with Crippen molar-refractivity contribution in [3.8, 4) is 0 Å². The average Bonchev–Trinajstić information content (AvgIpc) is 2.77. The summed E-state index contributed by atoms with van der Waals surface area (Å²) >= 11 is 1.26. The van der Waals surface area contributed by atoms with Gasteiger partial charge in [0.05, 0.1) is 34.6 Å². The van der Waals surface area contributed by atoms with Crippen LogP contribution in [0.5, 0.6) is 0 Å². The van der Waals surface area contributed by atoms with E-state index in [1.54, 1.807) is 6.92 Å². The van der Waals surface area contributed by atoms with Crippen LogP contribution in [-0.2, 0) is 15.7 Å². The fourth-order valence-corrected chi connectivity index (χ4v) is 2.85. The van der Waals surface area contributed by atoms with Gasteiger partial charge < -0.3 is 4.74 Å². The zero-order valence-corrected chi connectivity index (χ0v) is 13.5. The van der Waals surface area contributed by atoms with Gasteiger partial charge in [-0.2, -0.15) is 0 Å². The highest BCUT2D eigenvalue weighted by Gasteiger charge is 2.23. The Labute approximate surface area is 120 Å². The molecule has 0 aliphatic heterocycles. The Morgan fingerprint density at radius 1 is 1.58 bits per heavy atom. The third kappa shape index (κ3) is 4.67. The van der Waals surface area contributed by atoms with Crippen molar-refractivity contribution in [1.29, 1.82) is 0 Å². The smallest absolute Gasteiger partial charge is 0.349 e. The van der Waals surface area contributed by atoms with Crippen LogP contribution >= 0.6 is 11.3 Å². The number of ether oxygens (including phenoxy) is 1. The fraction of sp³-hybridized carbons (Fsp3) is 0.667. The van der Waals surface area contributed by atoms with Gasteiger partial charge in [0.15, 0.2) is 0 Å². The van der Waals surface area contributed by atoms with Crippen molar-refractivity contribution in [1.82, 2.24) is 9.71 Å². The van der Waals surface area contributed by atoms with Gasteiger partial charge in [0, 0.05) is 0 Å². The normalized spacial score (nSPS) is 15.0. The number of hydrogen-bond acceptors (Lipinski definition) is 5. The molecule has 1 aromatic heterocycles. The molecule has 108 valence electrons. The summed E-state index contributed by atoms with van der Waals surface area (Å²) in [6.45, 7) is 9.67. The van der Waals surface area contributed by atoms with Crippen molar-refractivity contribution in [2.75, 3.05) is 6.61 Å². The molecule has 1 unspecified atom stereocenters. The van der Waals surface area contributed by atoms with Crippen LogP contribution in [0.15, 0.2) is 6.20 Å². The molecule has 7 heteroatoms. The Morgan fingerprint density at radius 3 is 2.74 bits per heavy atom. The van der Waals surface area contributed by atoms with Crippen molar-refractivity contribution in [3.63, 3.8) is 0 Å². The summed E-state index contributed by atoms with van der Waals surface area (Å²) in [5, 5.41) is 0.723. The minimum absolute atomic E-state index is 0.173. The fourth-order valence-electron chi connectivity index (χ4n) is 1.17. The van der Waals surface area contributed by atoms with Crippen molar-refractivity contribution in [2.45, 2.75) is 45.4 Å². The van der Waals surface area contributed by atoms with Gasteiger partial charge >= 0.3 is 5.97 Å². The van der Waals surface area contributed by atoms with Gasteiger partial charge in [-0.1, -0.05) is 0 Å². The van der Waals surface area contributed by atoms with E-state index in [1.165, 1.54) is 17.5 Å². The van der Waals surface area contributed by atoms with Crippen LogP contribution in [-0.4, -0.2) is 26.5 Å². The largest absolute Gasteiger partial charge is 0.462 e. The molecule has 0 aliphatic rings. The number of aromatic nitrogens is 1. The summed E-state index contributed by atoms with van der Waals surface area (Å²) < 4.78 is 19.5. The van der Waals surface area contributed by atoms with Crippen LogP contribution in [0.4, 0.5) is 0 Å². The molecule has 19 heavy (non-hydrogen) atoms. The Bertz CT molecular complexity index is 466. The lowest BCUT2D eigenvalue weighted by molar-refractivity contribution is 0.0532. The molecular weight excluding hydrogens is 284 g/mol. The van der Waals surface area contributed by atoms with Crippen molar-refractivity contribution >= 4 is 28.3 Å². The maximum atomic E-state index is 12.0. The second-order valence-electron chi connectivity index (χ2n) is 5.00. The number of carbonyl (C=O) groups is 1. The molecule has 1 aromatic rings. The van der Waals surface area contributed by atoms with Crippen molar-refractivity contribution < 1.29 is 13.7 Å². The van der Waals surface area contributed by atoms with E-state index in [2.05, 4.69) is 9.71 Å². The molecule has 5 nitrogen and oxygen atoms in total. The predicted molar refractivity (Wildman–Crippen MR) is 77.5 cm³/mol. The molecule has 0 aromatic carbocycles. The van der Waals surface area contributed by atoms with E-state index in [0.29, 0.717) is 11.5 Å². The number of esters is 1. The molecule has 2 atom stereocenters. The first-order valence-corrected chi connectivity index (χ1v) is 8.03. The number of nitrogens with one attached hydrogen (secondary N) is 1. The summed E-state index contributed by atoms with van der Waals surface area (Å²) in [6, 6.07) is -0.173. The summed E-state index contributed by atoms with van der Waals surface area (Å²) in [7, 11) is -1.17. The van der Waals surface area contributed by atoms with Gasteiger partial charge in [0.25, 0.3) is 0 Å². The van der Waals surface area contributed by atoms with E-state index < -0.39 is 11.0 Å². The highest BCUT2D eigenvalue weighted by Crippen LogP contribution is 2.22. The first-order valence-electron chi connectivity index (χ1n) is 6.06. The first-order chi connectivity index (χ1) is 8.75. The van der Waals surface area contributed by atoms with Gasteiger partial charge in [-0.25, -0.2) is 18.7 Å². The number of thiazole rings is 1. The second kappa shape index (κ2) is 6.58. The molecular formula is C12H20N2O3S2. The van der Waals surface area contributed by atoms with E-state index in [1.807, 2.05) is 27.7 Å². The third-order valence-corrected chi connectivity index (χ3v) is 5.05. The first kappa shape index (κ1) is 16.3. The predicted octanol–water partition coefficient (Wildman–Crippen LogP) is 2.43. The molecule has 0 bridgehead atoms. The molecule has 0 saturated carbocycles. The summed E-state index contributed by atoms with van der Waals surface area (Å²) in [6.07, 6.45) is 1.50. The van der Waals surface area contributed by atoms with Crippen LogP contribution in [0.1, 0.15) is 55.3 Å². The van der Waals surface area contributed by atoms with E-state index in [4.69, 9.17) is 4.74 Å². The Balaban J connectivity index is 2.71. The lowest BCUT2D eigenvalue weighted by atomic mass is 10.3. The van der Waals surface area contributed by atoms with Crippen LogP contribution in [0.3, 0.4) is 0 Å². The van der Waals surface area contributed by atoms with Gasteiger partial charge in [0.2, 0.25) is 0 Å². The summed E-state index contributed by atoms with van der Waals surface area (Å²) in [5.74, 6) is -0.365. The number of nitrogens with zero attached hydrogens (tertiary/aromatic N) is 1. The molecule has 0 fully saturated rings. The van der Waals surface area contributed by atoms with Crippen LogP contribution < -0.4 is 4.72 Å². The Hall–Kier alpha value is -0.790. The SMILES string of the molecule is CCOC(=O)c1cnc([C@H](C)NS(=O)C(C)(C)C)s1. The standard InChI is InChI=1S/C12H20N2O3S2/c1-6-17-11(15)9-7-13-10(18-9)8(2)14-19(16)12(3,4)5/h7-8,14H,6H2,1-5H3/t8-,19?/m0/s1. The van der Waals surface area contributed by atoms with Gasteiger partial charge in [0.1, 0.15) is 9.88 Å². The molecule has 1 rings (SSSR count). The molecule has 0 saturated heterocycles. The van der Waals surface area contributed by atoms with Crippen LogP contribution in [0.2, 0.25) is 0 Å². The minimum Gasteiger partial charge on any atom is -0.462 e. The third-order valence-electron chi connectivity index (χ3n) is 2.21. The molecule has 0 amide bonds. The quantitative estimate of drug-likeness (QED) is 0.848. The Morgan fingerprint density at radius 2 is 2.21 bits per heavy atom. The number of rotatable bonds is 5. The van der Waals surface area contributed by atoms with Gasteiger partial charge in [-0.05, 0) is 34.6 Å². The minimum atomic E-state index is -1.17. The second-order valence-corrected chi connectivity index (χ2v) is 8.06. The van der Waals surface area contributed by atoms with E-state index in [-0.39, 0.29) is 16.8 Å². The lowest BCUT2D eigenvalue weighted by Gasteiger charge is -2.20. The Kier molecular flexibility index (Phi) is 5.64. The molecule has 0 radical (unpaired) electrons. The van der Waals surface area contributed by atoms with E-state index in [0.717, 1.165) is 5.01 Å². The highest BCUT2D eigenvalue weighted by molar-refractivity contribution is 7.84. The number of hydrogen-bond donors (Lipinski definition) is 1. The maximum Gasteiger partial charge on any atom is 0.349 e. The molecule has 0 aliphatic carbocycles. The monoisotopic (exact) mass is 304 g/mol. The van der Waals surface area contributed by atoms with Crippen LogP contribution in [0, 0.1) is 0 Å². The number of carbonyl (C=O) groups excluding carboxylic acids is 1. The highest BCUT2D eigenvalue weighted by atomic mass is 32.2. The topological polar surface area (TPSA) is 68.3 Å². The average molecular weight is 304 g/mol. The maximum absolute atomic E-state index is 12.0. The summed E-state index contributed by atoms with van der Waals surface area (Å²) in [4.78, 5) is 16.2. The zero-order valence-electron chi connectivity index (χ0n) is 11.9. The van der Waals surface area contributed by atoms with Gasteiger partial charge in [-0.3, -0.25) is 0 Å².